The van der Waals surface area contributed by atoms with Crippen molar-refractivity contribution in [2.24, 2.45) is 11.8 Å². The number of piperidine rings is 1. The van der Waals surface area contributed by atoms with Gasteiger partial charge in [-0.2, -0.15) is 0 Å². The number of hydrogen-bond acceptors (Lipinski definition) is 5. The Bertz CT molecular complexity index is 525. The molecule has 2 aliphatic rings. The molecule has 1 saturated heterocycles. The average molecular weight is 309 g/mol. The largest absolute Gasteiger partial charge is 0.444 e. The molecular formula is C15H23N3O2S. The number of hydrogen-bond donors (Lipinski definition) is 2. The van der Waals surface area contributed by atoms with E-state index in [1.165, 1.54) is 4.88 Å². The van der Waals surface area contributed by atoms with E-state index in [-0.39, 0.29) is 6.09 Å². The molecule has 3 rings (SSSR count). The van der Waals surface area contributed by atoms with Crippen molar-refractivity contribution in [2.45, 2.75) is 39.0 Å². The fourth-order valence-corrected chi connectivity index (χ4v) is 3.76. The highest BCUT2D eigenvalue weighted by molar-refractivity contribution is 7.10. The van der Waals surface area contributed by atoms with E-state index in [1.54, 1.807) is 11.3 Å². The van der Waals surface area contributed by atoms with Gasteiger partial charge in [-0.05, 0) is 44.1 Å². The van der Waals surface area contributed by atoms with E-state index in [0.717, 1.165) is 25.3 Å². The Morgan fingerprint density at radius 3 is 2.67 bits per heavy atom. The van der Waals surface area contributed by atoms with Crippen molar-refractivity contribution in [2.75, 3.05) is 18.8 Å². The fourth-order valence-electron chi connectivity index (χ4n) is 3.01. The summed E-state index contributed by atoms with van der Waals surface area (Å²) in [7, 11) is 0. The second-order valence-corrected chi connectivity index (χ2v) is 7.92. The Morgan fingerprint density at radius 1 is 1.48 bits per heavy atom. The number of likely N-dealkylation sites (tertiary alicyclic amines) is 1. The lowest BCUT2D eigenvalue weighted by Gasteiger charge is -2.26. The van der Waals surface area contributed by atoms with Crippen molar-refractivity contribution in [3.63, 3.8) is 0 Å². The van der Waals surface area contributed by atoms with Gasteiger partial charge in [0, 0.05) is 36.2 Å². The average Bonchev–Trinajstić information content (AvgIpc) is 2.77. The van der Waals surface area contributed by atoms with Crippen LogP contribution in [0, 0.1) is 11.8 Å². The first-order valence-electron chi connectivity index (χ1n) is 7.38. The third-order valence-corrected chi connectivity index (χ3v) is 5.06. The first-order chi connectivity index (χ1) is 9.85. The van der Waals surface area contributed by atoms with Crippen LogP contribution in [-0.2, 0) is 11.3 Å². The molecular weight excluding hydrogens is 286 g/mol. The standard InChI is InChI=1S/C15H23N3O2S/c1-15(2,3)20-14(19)18-7-9-10(8-18)13(9)17-6-12-11(16)4-5-21-12/h4-5,9-10,13,17H,6-8,16H2,1-3H3. The van der Waals surface area contributed by atoms with Gasteiger partial charge in [0.1, 0.15) is 5.60 Å². The number of nitrogen functional groups attached to an aromatic ring is 1. The van der Waals surface area contributed by atoms with Gasteiger partial charge in [-0.1, -0.05) is 0 Å². The molecule has 2 heterocycles. The summed E-state index contributed by atoms with van der Waals surface area (Å²) >= 11 is 1.69. The normalized spacial score (nSPS) is 27.6. The first-order valence-corrected chi connectivity index (χ1v) is 8.26. The molecule has 0 bridgehead atoms. The lowest BCUT2D eigenvalue weighted by molar-refractivity contribution is 0.0269. The van der Waals surface area contributed by atoms with E-state index < -0.39 is 5.60 Å². The molecule has 1 amide bonds. The molecule has 5 nitrogen and oxygen atoms in total. The third kappa shape index (κ3) is 3.16. The van der Waals surface area contributed by atoms with Crippen LogP contribution in [0.2, 0.25) is 0 Å². The summed E-state index contributed by atoms with van der Waals surface area (Å²) in [5, 5.41) is 5.58. The Morgan fingerprint density at radius 2 is 2.14 bits per heavy atom. The van der Waals surface area contributed by atoms with E-state index in [1.807, 2.05) is 37.1 Å². The molecule has 116 valence electrons. The summed E-state index contributed by atoms with van der Waals surface area (Å²) in [6.07, 6.45) is -0.184. The lowest BCUT2D eigenvalue weighted by Crippen LogP contribution is -2.39. The predicted octanol–water partition coefficient (Wildman–Crippen LogP) is 2.29. The van der Waals surface area contributed by atoms with Crippen LogP contribution in [0.15, 0.2) is 11.4 Å². The fraction of sp³-hybridized carbons (Fsp3) is 0.667. The smallest absolute Gasteiger partial charge is 0.410 e. The van der Waals surface area contributed by atoms with Crippen molar-refractivity contribution >= 4 is 23.1 Å². The Balaban J connectivity index is 1.44. The zero-order valence-electron chi connectivity index (χ0n) is 12.8. The quantitative estimate of drug-likeness (QED) is 0.899. The minimum Gasteiger partial charge on any atom is -0.444 e. The summed E-state index contributed by atoms with van der Waals surface area (Å²) in [6, 6.07) is 2.46. The van der Waals surface area contributed by atoms with E-state index in [9.17, 15) is 4.79 Å². The molecule has 1 saturated carbocycles. The third-order valence-electron chi connectivity index (χ3n) is 4.12. The minimum atomic E-state index is -0.418. The van der Waals surface area contributed by atoms with Gasteiger partial charge in [-0.25, -0.2) is 4.79 Å². The van der Waals surface area contributed by atoms with Crippen molar-refractivity contribution in [3.8, 4) is 0 Å². The monoisotopic (exact) mass is 309 g/mol. The highest BCUT2D eigenvalue weighted by atomic mass is 32.1. The number of ether oxygens (including phenoxy) is 1. The van der Waals surface area contributed by atoms with Crippen molar-refractivity contribution in [3.05, 3.63) is 16.3 Å². The highest BCUT2D eigenvalue weighted by Crippen LogP contribution is 2.46. The van der Waals surface area contributed by atoms with Crippen LogP contribution in [0.3, 0.4) is 0 Å². The zero-order chi connectivity index (χ0) is 15.2. The number of carbonyl (C=O) groups excluding carboxylic acids is 1. The molecule has 2 unspecified atom stereocenters. The lowest BCUT2D eigenvalue weighted by atomic mass is 10.2. The van der Waals surface area contributed by atoms with Gasteiger partial charge in [-0.15, -0.1) is 11.3 Å². The van der Waals surface area contributed by atoms with Crippen LogP contribution >= 0.6 is 11.3 Å². The summed E-state index contributed by atoms with van der Waals surface area (Å²) in [5.74, 6) is 1.14. The van der Waals surface area contributed by atoms with E-state index in [4.69, 9.17) is 10.5 Å². The summed E-state index contributed by atoms with van der Waals surface area (Å²) in [5.41, 5.74) is 6.34. The molecule has 0 aromatic carbocycles. The van der Waals surface area contributed by atoms with Gasteiger partial charge >= 0.3 is 6.09 Å². The van der Waals surface area contributed by atoms with Gasteiger partial charge in [0.25, 0.3) is 0 Å². The van der Waals surface area contributed by atoms with Crippen LogP contribution in [0.5, 0.6) is 0 Å². The van der Waals surface area contributed by atoms with Gasteiger partial charge in [0.2, 0.25) is 0 Å². The summed E-state index contributed by atoms with van der Waals surface area (Å²) in [4.78, 5) is 15.0. The Kier molecular flexibility index (Phi) is 3.61. The first kappa shape index (κ1) is 14.7. The molecule has 1 aliphatic heterocycles. The molecule has 6 heteroatoms. The van der Waals surface area contributed by atoms with Crippen molar-refractivity contribution < 1.29 is 9.53 Å². The number of rotatable bonds is 3. The number of nitrogens with zero attached hydrogens (tertiary/aromatic N) is 1. The number of fused-ring (bicyclic) bond motifs is 1. The maximum Gasteiger partial charge on any atom is 0.410 e. The molecule has 0 spiro atoms. The van der Waals surface area contributed by atoms with E-state index in [2.05, 4.69) is 5.32 Å². The zero-order valence-corrected chi connectivity index (χ0v) is 13.6. The van der Waals surface area contributed by atoms with Crippen LogP contribution in [0.25, 0.3) is 0 Å². The molecule has 2 atom stereocenters. The second-order valence-electron chi connectivity index (χ2n) is 6.92. The molecule has 0 radical (unpaired) electrons. The second kappa shape index (κ2) is 5.18. The van der Waals surface area contributed by atoms with Crippen LogP contribution in [0.1, 0.15) is 25.6 Å². The van der Waals surface area contributed by atoms with E-state index in [0.29, 0.717) is 17.9 Å². The van der Waals surface area contributed by atoms with Gasteiger partial charge in [0.05, 0.1) is 0 Å². The van der Waals surface area contributed by atoms with Crippen molar-refractivity contribution in [1.29, 1.82) is 0 Å². The van der Waals surface area contributed by atoms with Gasteiger partial charge < -0.3 is 20.7 Å². The molecule has 1 aromatic rings. The molecule has 1 aromatic heterocycles. The minimum absolute atomic E-state index is 0.184. The number of amides is 1. The van der Waals surface area contributed by atoms with Crippen molar-refractivity contribution in [1.82, 2.24) is 10.2 Å². The highest BCUT2D eigenvalue weighted by Gasteiger charge is 2.56. The van der Waals surface area contributed by atoms with Crippen LogP contribution in [0.4, 0.5) is 10.5 Å². The molecule has 2 fully saturated rings. The van der Waals surface area contributed by atoms with Crippen LogP contribution < -0.4 is 11.1 Å². The Labute approximate surface area is 129 Å². The summed E-state index contributed by atoms with van der Waals surface area (Å²) in [6.45, 7) is 8.13. The van der Waals surface area contributed by atoms with Gasteiger partial charge in [0.15, 0.2) is 0 Å². The van der Waals surface area contributed by atoms with Gasteiger partial charge in [-0.3, -0.25) is 0 Å². The van der Waals surface area contributed by atoms with E-state index >= 15 is 0 Å². The Hall–Kier alpha value is -1.27. The number of carbonyl (C=O) groups is 1. The number of anilines is 1. The molecule has 3 N–H and O–H groups in total. The predicted molar refractivity (Wildman–Crippen MR) is 84.1 cm³/mol. The number of thiophene rings is 1. The number of nitrogens with two attached hydrogens (primary N) is 1. The van der Waals surface area contributed by atoms with Crippen LogP contribution in [-0.4, -0.2) is 35.7 Å². The maximum atomic E-state index is 12.0. The maximum absolute atomic E-state index is 12.0. The molecule has 21 heavy (non-hydrogen) atoms. The molecule has 1 aliphatic carbocycles. The topological polar surface area (TPSA) is 67.6 Å². The SMILES string of the molecule is CC(C)(C)OC(=O)N1CC2C(C1)C2NCc1sccc1N. The number of nitrogens with one attached hydrogen (secondary N) is 1. The summed E-state index contributed by atoms with van der Waals surface area (Å²) < 4.78 is 5.41.